The van der Waals surface area contributed by atoms with Crippen molar-refractivity contribution in [1.29, 1.82) is 0 Å². The van der Waals surface area contributed by atoms with Gasteiger partial charge in [0.2, 0.25) is 0 Å². The van der Waals surface area contributed by atoms with Crippen LogP contribution in [0.1, 0.15) is 37.2 Å². The van der Waals surface area contributed by atoms with Crippen molar-refractivity contribution < 1.29 is 4.74 Å². The van der Waals surface area contributed by atoms with Gasteiger partial charge >= 0.3 is 0 Å². The van der Waals surface area contributed by atoms with E-state index in [-0.39, 0.29) is 12.0 Å². The molecular formula is C16H20N4O. The number of hydrogen-bond acceptors (Lipinski definition) is 5. The van der Waals surface area contributed by atoms with Crippen LogP contribution in [0.15, 0.2) is 30.3 Å². The molecule has 1 atom stereocenters. The molecule has 2 aromatic rings. The quantitative estimate of drug-likeness (QED) is 0.903. The fourth-order valence-electron chi connectivity index (χ4n) is 2.39. The molecule has 0 amide bonds. The Balaban J connectivity index is 1.87. The van der Waals surface area contributed by atoms with Gasteiger partial charge in [0.1, 0.15) is 29.8 Å². The Morgan fingerprint density at radius 2 is 1.95 bits per heavy atom. The van der Waals surface area contributed by atoms with E-state index in [1.807, 2.05) is 31.3 Å². The molecule has 5 nitrogen and oxygen atoms in total. The van der Waals surface area contributed by atoms with Gasteiger partial charge in [-0.05, 0) is 6.07 Å². The first kappa shape index (κ1) is 13.7. The van der Waals surface area contributed by atoms with Crippen molar-refractivity contribution in [3.05, 3.63) is 41.7 Å². The molecule has 21 heavy (non-hydrogen) atoms. The van der Waals surface area contributed by atoms with Crippen LogP contribution in [0.4, 0.5) is 11.6 Å². The van der Waals surface area contributed by atoms with Gasteiger partial charge in [0.25, 0.3) is 0 Å². The minimum atomic E-state index is 0.126. The molecule has 2 heterocycles. The lowest BCUT2D eigenvalue weighted by molar-refractivity contribution is 0.339. The third kappa shape index (κ3) is 2.77. The Morgan fingerprint density at radius 1 is 1.19 bits per heavy atom. The van der Waals surface area contributed by atoms with Crippen molar-refractivity contribution in [3.63, 3.8) is 0 Å². The summed E-state index contributed by atoms with van der Waals surface area (Å²) in [7, 11) is 1.87. The Kier molecular flexibility index (Phi) is 3.64. The minimum Gasteiger partial charge on any atom is -0.491 e. The third-order valence-corrected chi connectivity index (χ3v) is 3.54. The molecule has 0 aliphatic carbocycles. The molecule has 5 heteroatoms. The molecule has 0 radical (unpaired) electrons. The monoisotopic (exact) mass is 284 g/mol. The highest BCUT2D eigenvalue weighted by Gasteiger charge is 2.24. The molecule has 0 fully saturated rings. The van der Waals surface area contributed by atoms with Gasteiger partial charge in [0.05, 0.1) is 6.04 Å². The van der Waals surface area contributed by atoms with Crippen LogP contribution < -0.4 is 15.4 Å². The maximum absolute atomic E-state index is 5.70. The second-order valence-electron chi connectivity index (χ2n) is 5.45. The van der Waals surface area contributed by atoms with E-state index in [0.29, 0.717) is 6.61 Å². The van der Waals surface area contributed by atoms with E-state index in [0.717, 1.165) is 23.2 Å². The number of rotatable bonds is 4. The topological polar surface area (TPSA) is 59.1 Å². The van der Waals surface area contributed by atoms with Crippen molar-refractivity contribution in [2.75, 3.05) is 24.3 Å². The fraction of sp³-hybridized carbons (Fsp3) is 0.375. The van der Waals surface area contributed by atoms with Crippen LogP contribution in [0, 0.1) is 0 Å². The molecule has 0 spiro atoms. The van der Waals surface area contributed by atoms with Crippen LogP contribution in [0.2, 0.25) is 0 Å². The van der Waals surface area contributed by atoms with E-state index in [1.165, 1.54) is 5.56 Å². The molecule has 3 rings (SSSR count). The van der Waals surface area contributed by atoms with Gasteiger partial charge in [-0.3, -0.25) is 0 Å². The zero-order chi connectivity index (χ0) is 14.8. The standard InChI is InChI=1S/C16H20N4O/c1-10(2)16-19-14(17-3)8-15(20-16)18-12-9-21-13-7-5-4-6-11(12)13/h4-8,10,12H,9H2,1-3H3,(H2,17,18,19,20). The van der Waals surface area contributed by atoms with E-state index in [1.54, 1.807) is 0 Å². The summed E-state index contributed by atoms with van der Waals surface area (Å²) in [5, 5.41) is 6.54. The summed E-state index contributed by atoms with van der Waals surface area (Å²) in [4.78, 5) is 9.08. The molecule has 0 saturated heterocycles. The van der Waals surface area contributed by atoms with Gasteiger partial charge in [-0.2, -0.15) is 0 Å². The first-order chi connectivity index (χ1) is 10.2. The molecule has 1 unspecified atom stereocenters. The van der Waals surface area contributed by atoms with Crippen LogP contribution in [0.3, 0.4) is 0 Å². The van der Waals surface area contributed by atoms with E-state index < -0.39 is 0 Å². The Labute approximate surface area is 124 Å². The number of nitrogens with one attached hydrogen (secondary N) is 2. The van der Waals surface area contributed by atoms with Crippen molar-refractivity contribution >= 4 is 11.6 Å². The highest BCUT2D eigenvalue weighted by Crippen LogP contribution is 2.34. The number of hydrogen-bond donors (Lipinski definition) is 2. The summed E-state index contributed by atoms with van der Waals surface area (Å²) in [6.45, 7) is 4.80. The van der Waals surface area contributed by atoms with Gasteiger partial charge < -0.3 is 15.4 Å². The molecule has 1 aliphatic heterocycles. The maximum Gasteiger partial charge on any atom is 0.135 e. The zero-order valence-electron chi connectivity index (χ0n) is 12.6. The van der Waals surface area contributed by atoms with Gasteiger partial charge in [-0.15, -0.1) is 0 Å². The summed E-state index contributed by atoms with van der Waals surface area (Å²) in [5.74, 6) is 3.70. The average molecular weight is 284 g/mol. The predicted molar refractivity (Wildman–Crippen MR) is 84.0 cm³/mol. The number of nitrogens with zero attached hydrogens (tertiary/aromatic N) is 2. The Hall–Kier alpha value is -2.30. The highest BCUT2D eigenvalue weighted by atomic mass is 16.5. The summed E-state index contributed by atoms with van der Waals surface area (Å²) in [6, 6.07) is 10.1. The van der Waals surface area contributed by atoms with Gasteiger partial charge in [0.15, 0.2) is 0 Å². The third-order valence-electron chi connectivity index (χ3n) is 3.54. The van der Waals surface area contributed by atoms with Crippen molar-refractivity contribution in [2.45, 2.75) is 25.8 Å². The molecule has 0 saturated carbocycles. The second-order valence-corrected chi connectivity index (χ2v) is 5.45. The van der Waals surface area contributed by atoms with Gasteiger partial charge in [-0.25, -0.2) is 9.97 Å². The van der Waals surface area contributed by atoms with Crippen LogP contribution >= 0.6 is 0 Å². The van der Waals surface area contributed by atoms with Crippen molar-refractivity contribution in [1.82, 2.24) is 9.97 Å². The molecule has 1 aromatic carbocycles. The molecular weight excluding hydrogens is 264 g/mol. The summed E-state index contributed by atoms with van der Waals surface area (Å²) in [5.41, 5.74) is 1.17. The molecule has 1 aromatic heterocycles. The van der Waals surface area contributed by atoms with Crippen LogP contribution in [-0.2, 0) is 0 Å². The van der Waals surface area contributed by atoms with Crippen molar-refractivity contribution in [3.8, 4) is 5.75 Å². The first-order valence-electron chi connectivity index (χ1n) is 7.22. The smallest absolute Gasteiger partial charge is 0.135 e. The lowest BCUT2D eigenvalue weighted by atomic mass is 10.1. The number of fused-ring (bicyclic) bond motifs is 1. The summed E-state index contributed by atoms with van der Waals surface area (Å²) in [6.07, 6.45) is 0. The van der Waals surface area contributed by atoms with Crippen LogP contribution in [0.25, 0.3) is 0 Å². The van der Waals surface area contributed by atoms with E-state index in [2.05, 4.69) is 40.5 Å². The SMILES string of the molecule is CNc1cc(NC2COc3ccccc32)nc(C(C)C)n1. The summed E-state index contributed by atoms with van der Waals surface area (Å²) >= 11 is 0. The first-order valence-corrected chi connectivity index (χ1v) is 7.22. The predicted octanol–water partition coefficient (Wildman–Crippen LogP) is 3.19. The van der Waals surface area contributed by atoms with Crippen LogP contribution in [0.5, 0.6) is 5.75 Å². The van der Waals surface area contributed by atoms with Crippen LogP contribution in [-0.4, -0.2) is 23.6 Å². The number of aromatic nitrogens is 2. The van der Waals surface area contributed by atoms with E-state index >= 15 is 0 Å². The average Bonchev–Trinajstić information content (AvgIpc) is 2.90. The van der Waals surface area contributed by atoms with Gasteiger partial charge in [0, 0.05) is 24.6 Å². The molecule has 110 valence electrons. The Bertz CT molecular complexity index is 642. The normalized spacial score (nSPS) is 16.5. The number of ether oxygens (including phenoxy) is 1. The zero-order valence-corrected chi connectivity index (χ0v) is 12.6. The summed E-state index contributed by atoms with van der Waals surface area (Å²) < 4.78 is 5.70. The number of anilines is 2. The Morgan fingerprint density at radius 3 is 2.71 bits per heavy atom. The lowest BCUT2D eigenvalue weighted by Crippen LogP contribution is -2.14. The molecule has 1 aliphatic rings. The fourth-order valence-corrected chi connectivity index (χ4v) is 2.39. The second kappa shape index (κ2) is 5.60. The molecule has 0 bridgehead atoms. The largest absolute Gasteiger partial charge is 0.491 e. The van der Waals surface area contributed by atoms with Crippen molar-refractivity contribution in [2.24, 2.45) is 0 Å². The lowest BCUT2D eigenvalue weighted by Gasteiger charge is -2.15. The maximum atomic E-state index is 5.70. The number of benzene rings is 1. The highest BCUT2D eigenvalue weighted by molar-refractivity contribution is 5.51. The molecule has 2 N–H and O–H groups in total. The number of para-hydroxylation sites is 1. The van der Waals surface area contributed by atoms with Gasteiger partial charge in [-0.1, -0.05) is 32.0 Å². The minimum absolute atomic E-state index is 0.126. The van der Waals surface area contributed by atoms with E-state index in [9.17, 15) is 0 Å². The van der Waals surface area contributed by atoms with E-state index in [4.69, 9.17) is 4.74 Å².